The molecule has 0 saturated heterocycles. The van der Waals surface area contributed by atoms with E-state index < -0.39 is 0 Å². The lowest BCUT2D eigenvalue weighted by Gasteiger charge is -1.93. The minimum absolute atomic E-state index is 1.01. The lowest BCUT2D eigenvalue weighted by molar-refractivity contribution is 1.34. The highest BCUT2D eigenvalue weighted by Gasteiger charge is 1.88. The molecule has 2 heteroatoms. The second-order valence-electron chi connectivity index (χ2n) is 1.61. The lowest BCUT2D eigenvalue weighted by Crippen LogP contribution is -1.83. The average Bonchev–Trinajstić information content (AvgIpc) is 1.89. The fourth-order valence-electron chi connectivity index (χ4n) is 0.339. The van der Waals surface area contributed by atoms with Crippen LogP contribution in [0.5, 0.6) is 0 Å². The van der Waals surface area contributed by atoms with Crippen LogP contribution in [0.3, 0.4) is 0 Å². The van der Waals surface area contributed by atoms with Crippen LogP contribution in [0.2, 0.25) is 0 Å². The fraction of sp³-hybridized carbons (Fsp3) is 0.571. The minimum atomic E-state index is 1.01. The van der Waals surface area contributed by atoms with E-state index >= 15 is 0 Å². The molecule has 0 aliphatic rings. The van der Waals surface area contributed by atoms with Gasteiger partial charge in [0.2, 0.25) is 0 Å². The molecule has 0 aliphatic carbocycles. The predicted octanol–water partition coefficient (Wildman–Crippen LogP) is 3.03. The van der Waals surface area contributed by atoms with Crippen molar-refractivity contribution in [3.63, 3.8) is 0 Å². The molecule has 0 unspecified atom stereocenters. The Bertz CT molecular complexity index is 105. The lowest BCUT2D eigenvalue weighted by atomic mass is 10.6. The second-order valence-corrected chi connectivity index (χ2v) is 3.47. The topological polar surface area (TPSA) is 0 Å². The van der Waals surface area contributed by atoms with E-state index in [1.807, 2.05) is 13.0 Å². The van der Waals surface area contributed by atoms with Gasteiger partial charge in [0.15, 0.2) is 0 Å². The maximum Gasteiger partial charge on any atom is 0.0478 e. The number of thiocarbonyl (C=S) groups is 1. The van der Waals surface area contributed by atoms with Crippen LogP contribution in [-0.2, 0) is 0 Å². The zero-order valence-corrected chi connectivity index (χ0v) is 7.52. The van der Waals surface area contributed by atoms with Gasteiger partial charge in [-0.05, 0) is 13.3 Å². The summed E-state index contributed by atoms with van der Waals surface area (Å²) in [5, 5.41) is 0. The molecular formula is C7H12S2. The van der Waals surface area contributed by atoms with Gasteiger partial charge in [-0.2, -0.15) is 0 Å². The van der Waals surface area contributed by atoms with Gasteiger partial charge in [-0.25, -0.2) is 0 Å². The first-order valence-electron chi connectivity index (χ1n) is 3.08. The number of rotatable bonds is 3. The molecule has 0 saturated carbocycles. The first kappa shape index (κ1) is 9.18. The molecule has 0 amide bonds. The average molecular weight is 160 g/mol. The molecule has 0 aliphatic heterocycles. The molecule has 0 nitrogen and oxygen atoms in total. The minimum Gasteiger partial charge on any atom is -0.115 e. The SMILES string of the molecule is C/C=C/CSC(=S)CC. The van der Waals surface area contributed by atoms with Crippen molar-refractivity contribution in [1.82, 2.24) is 0 Å². The predicted molar refractivity (Wildman–Crippen MR) is 50.2 cm³/mol. The summed E-state index contributed by atoms with van der Waals surface area (Å²) in [7, 11) is 0. The van der Waals surface area contributed by atoms with Gasteiger partial charge >= 0.3 is 0 Å². The van der Waals surface area contributed by atoms with Crippen molar-refractivity contribution in [2.24, 2.45) is 0 Å². The maximum atomic E-state index is 5.00. The molecule has 0 spiro atoms. The fourth-order valence-corrected chi connectivity index (χ4v) is 1.22. The number of hydrogen-bond donors (Lipinski definition) is 0. The van der Waals surface area contributed by atoms with Crippen molar-refractivity contribution in [2.45, 2.75) is 20.3 Å². The highest BCUT2D eigenvalue weighted by Crippen LogP contribution is 2.06. The van der Waals surface area contributed by atoms with Crippen molar-refractivity contribution in [2.75, 3.05) is 5.75 Å². The summed E-state index contributed by atoms with van der Waals surface area (Å²) in [4.78, 5) is 0. The van der Waals surface area contributed by atoms with Gasteiger partial charge in [0, 0.05) is 9.95 Å². The van der Waals surface area contributed by atoms with Gasteiger partial charge in [0.05, 0.1) is 0 Å². The summed E-state index contributed by atoms with van der Waals surface area (Å²) in [5.41, 5.74) is 0. The first-order valence-corrected chi connectivity index (χ1v) is 4.47. The van der Waals surface area contributed by atoms with E-state index in [1.54, 1.807) is 11.8 Å². The van der Waals surface area contributed by atoms with Crippen LogP contribution in [0.1, 0.15) is 20.3 Å². The molecule has 0 N–H and O–H groups in total. The van der Waals surface area contributed by atoms with Crippen molar-refractivity contribution in [3.05, 3.63) is 12.2 Å². The Morgan fingerprint density at radius 1 is 1.67 bits per heavy atom. The number of allylic oxidation sites excluding steroid dienone is 1. The normalized spacial score (nSPS) is 10.4. The Morgan fingerprint density at radius 3 is 2.78 bits per heavy atom. The highest BCUT2D eigenvalue weighted by atomic mass is 32.2. The van der Waals surface area contributed by atoms with Gasteiger partial charge < -0.3 is 0 Å². The molecule has 0 aromatic heterocycles. The first-order chi connectivity index (χ1) is 4.31. The van der Waals surface area contributed by atoms with E-state index in [9.17, 15) is 0 Å². The van der Waals surface area contributed by atoms with E-state index in [4.69, 9.17) is 12.2 Å². The maximum absolute atomic E-state index is 5.00. The molecular weight excluding hydrogens is 148 g/mol. The van der Waals surface area contributed by atoms with Gasteiger partial charge in [0.1, 0.15) is 0 Å². The van der Waals surface area contributed by atoms with E-state index in [1.165, 1.54) is 0 Å². The Balaban J connectivity index is 3.17. The van der Waals surface area contributed by atoms with Crippen LogP contribution < -0.4 is 0 Å². The monoisotopic (exact) mass is 160 g/mol. The van der Waals surface area contributed by atoms with Crippen LogP contribution in [0.15, 0.2) is 12.2 Å². The van der Waals surface area contributed by atoms with Crippen molar-refractivity contribution < 1.29 is 0 Å². The Kier molecular flexibility index (Phi) is 6.43. The summed E-state index contributed by atoms with van der Waals surface area (Å²) in [5.74, 6) is 1.03. The summed E-state index contributed by atoms with van der Waals surface area (Å²) < 4.78 is 1.10. The van der Waals surface area contributed by atoms with Gasteiger partial charge in [-0.15, -0.1) is 11.8 Å². The number of hydrogen-bond acceptors (Lipinski definition) is 2. The zero-order chi connectivity index (χ0) is 7.11. The summed E-state index contributed by atoms with van der Waals surface area (Å²) in [6.45, 7) is 4.11. The van der Waals surface area contributed by atoms with Crippen molar-refractivity contribution >= 4 is 28.2 Å². The quantitative estimate of drug-likeness (QED) is 0.460. The summed E-state index contributed by atoms with van der Waals surface area (Å²) >= 11 is 6.74. The molecule has 0 rings (SSSR count). The molecule has 52 valence electrons. The number of thioether (sulfide) groups is 1. The van der Waals surface area contributed by atoms with Gasteiger partial charge in [-0.1, -0.05) is 31.3 Å². The van der Waals surface area contributed by atoms with Crippen LogP contribution in [0.4, 0.5) is 0 Å². The highest BCUT2D eigenvalue weighted by molar-refractivity contribution is 8.23. The molecule has 0 radical (unpaired) electrons. The Labute approximate surface area is 66.7 Å². The third-order valence-corrected chi connectivity index (χ3v) is 2.48. The standard InChI is InChI=1S/C7H12S2/c1-3-5-6-9-7(8)4-2/h3,5H,4,6H2,1-2H3/b5-3+. The van der Waals surface area contributed by atoms with Crippen LogP contribution in [-0.4, -0.2) is 9.95 Å². The molecule has 0 atom stereocenters. The smallest absolute Gasteiger partial charge is 0.0478 e. The molecule has 0 fully saturated rings. The van der Waals surface area contributed by atoms with Gasteiger partial charge in [0.25, 0.3) is 0 Å². The molecule has 0 bridgehead atoms. The van der Waals surface area contributed by atoms with E-state index in [0.717, 1.165) is 16.4 Å². The van der Waals surface area contributed by atoms with Crippen molar-refractivity contribution in [1.29, 1.82) is 0 Å². The Hall–Kier alpha value is 0.180. The van der Waals surface area contributed by atoms with Crippen LogP contribution >= 0.6 is 24.0 Å². The Morgan fingerprint density at radius 2 is 2.33 bits per heavy atom. The zero-order valence-electron chi connectivity index (χ0n) is 5.89. The summed E-state index contributed by atoms with van der Waals surface area (Å²) in [6.07, 6.45) is 5.18. The molecule has 0 aromatic rings. The van der Waals surface area contributed by atoms with E-state index in [2.05, 4.69) is 13.0 Å². The van der Waals surface area contributed by atoms with Crippen LogP contribution in [0, 0.1) is 0 Å². The molecule has 0 aromatic carbocycles. The van der Waals surface area contributed by atoms with E-state index in [-0.39, 0.29) is 0 Å². The second kappa shape index (κ2) is 6.30. The van der Waals surface area contributed by atoms with E-state index in [0.29, 0.717) is 0 Å². The van der Waals surface area contributed by atoms with Gasteiger partial charge in [-0.3, -0.25) is 0 Å². The summed E-state index contributed by atoms with van der Waals surface area (Å²) in [6, 6.07) is 0. The largest absolute Gasteiger partial charge is 0.115 e. The third-order valence-electron chi connectivity index (χ3n) is 0.865. The molecule has 0 heterocycles. The third kappa shape index (κ3) is 6.06. The van der Waals surface area contributed by atoms with Crippen molar-refractivity contribution in [3.8, 4) is 0 Å². The molecule has 9 heavy (non-hydrogen) atoms. The van der Waals surface area contributed by atoms with Crippen LogP contribution in [0.25, 0.3) is 0 Å².